The number of pyridine rings is 1. The molecule has 1 aliphatic rings. The zero-order valence-corrected chi connectivity index (χ0v) is 11.1. The molecule has 0 aliphatic carbocycles. The second-order valence-corrected chi connectivity index (χ2v) is 5.19. The van der Waals surface area contributed by atoms with Crippen LogP contribution in [0.5, 0.6) is 0 Å². The normalized spacial score (nSPS) is 21.5. The average Bonchev–Trinajstić information content (AvgIpc) is 2.84. The minimum absolute atomic E-state index is 0.123. The van der Waals surface area contributed by atoms with Crippen LogP contribution in [0, 0.1) is 11.7 Å². The first-order valence-electron chi connectivity index (χ1n) is 6.62. The van der Waals surface area contributed by atoms with Crippen LogP contribution < -0.4 is 0 Å². The molecule has 1 aromatic heterocycles. The van der Waals surface area contributed by atoms with Gasteiger partial charge in [0, 0.05) is 25.2 Å². The minimum Gasteiger partial charge on any atom is -0.481 e. The Morgan fingerprint density at radius 3 is 3.11 bits per heavy atom. The van der Waals surface area contributed by atoms with Crippen molar-refractivity contribution < 1.29 is 14.3 Å². The van der Waals surface area contributed by atoms with E-state index in [1.807, 2.05) is 6.92 Å². The maximum atomic E-state index is 13.2. The van der Waals surface area contributed by atoms with Crippen molar-refractivity contribution in [1.29, 1.82) is 0 Å². The Morgan fingerprint density at radius 2 is 2.42 bits per heavy atom. The van der Waals surface area contributed by atoms with Crippen molar-refractivity contribution >= 4 is 5.97 Å². The Labute approximate surface area is 112 Å². The molecular formula is C14H19FN2O2. The molecule has 1 aliphatic heterocycles. The molecule has 0 amide bonds. The average molecular weight is 266 g/mol. The lowest BCUT2D eigenvalue weighted by Crippen LogP contribution is -2.24. The number of aliphatic carboxylic acids is 1. The van der Waals surface area contributed by atoms with Crippen LogP contribution in [0.25, 0.3) is 0 Å². The van der Waals surface area contributed by atoms with Gasteiger partial charge in [-0.25, -0.2) is 4.39 Å². The lowest BCUT2D eigenvalue weighted by atomic mass is 10.0. The van der Waals surface area contributed by atoms with E-state index in [9.17, 15) is 9.18 Å². The van der Waals surface area contributed by atoms with Crippen LogP contribution in [0.2, 0.25) is 0 Å². The quantitative estimate of drug-likeness (QED) is 0.889. The Hall–Kier alpha value is -1.49. The molecule has 1 aromatic rings. The number of halogens is 1. The SMILES string of the molecule is CC(c1cncc(F)c1)N1CCC(CCC(=O)O)C1. The van der Waals surface area contributed by atoms with Crippen molar-refractivity contribution in [2.24, 2.45) is 5.92 Å². The molecule has 1 N–H and O–H groups in total. The highest BCUT2D eigenvalue weighted by Gasteiger charge is 2.27. The minimum atomic E-state index is -0.735. The zero-order chi connectivity index (χ0) is 13.8. The van der Waals surface area contributed by atoms with Crippen molar-refractivity contribution in [2.45, 2.75) is 32.2 Å². The van der Waals surface area contributed by atoms with Gasteiger partial charge >= 0.3 is 5.97 Å². The number of hydrogen-bond acceptors (Lipinski definition) is 3. The van der Waals surface area contributed by atoms with E-state index in [1.165, 1.54) is 12.3 Å². The van der Waals surface area contributed by atoms with Gasteiger partial charge in [0.1, 0.15) is 5.82 Å². The van der Waals surface area contributed by atoms with E-state index in [0.717, 1.165) is 31.5 Å². The summed E-state index contributed by atoms with van der Waals surface area (Å²) in [5, 5.41) is 8.69. The van der Waals surface area contributed by atoms with Crippen molar-refractivity contribution in [2.75, 3.05) is 13.1 Å². The molecule has 0 saturated carbocycles. The smallest absolute Gasteiger partial charge is 0.303 e. The lowest BCUT2D eigenvalue weighted by molar-refractivity contribution is -0.137. The number of nitrogens with zero attached hydrogens (tertiary/aromatic N) is 2. The predicted octanol–water partition coefficient (Wildman–Crippen LogP) is 2.47. The molecule has 0 aromatic carbocycles. The molecule has 104 valence electrons. The van der Waals surface area contributed by atoms with Gasteiger partial charge in [-0.1, -0.05) is 0 Å². The van der Waals surface area contributed by atoms with E-state index in [2.05, 4.69) is 9.88 Å². The maximum absolute atomic E-state index is 13.2. The highest BCUT2D eigenvalue weighted by molar-refractivity contribution is 5.66. The second-order valence-electron chi connectivity index (χ2n) is 5.19. The number of carboxylic acids is 1. The lowest BCUT2D eigenvalue weighted by Gasteiger charge is -2.24. The van der Waals surface area contributed by atoms with Crippen LogP contribution in [-0.4, -0.2) is 34.0 Å². The van der Waals surface area contributed by atoms with Crippen LogP contribution in [-0.2, 0) is 4.79 Å². The predicted molar refractivity (Wildman–Crippen MR) is 69.2 cm³/mol. The molecule has 5 heteroatoms. The number of carbonyl (C=O) groups is 1. The molecular weight excluding hydrogens is 247 g/mol. The number of aromatic nitrogens is 1. The summed E-state index contributed by atoms with van der Waals surface area (Å²) in [6.45, 7) is 3.85. The monoisotopic (exact) mass is 266 g/mol. The van der Waals surface area contributed by atoms with Crippen LogP contribution in [0.4, 0.5) is 4.39 Å². The summed E-state index contributed by atoms with van der Waals surface area (Å²) in [7, 11) is 0. The Balaban J connectivity index is 1.91. The molecule has 0 spiro atoms. The first-order valence-corrected chi connectivity index (χ1v) is 6.62. The van der Waals surface area contributed by atoms with Gasteiger partial charge in [-0.3, -0.25) is 14.7 Å². The van der Waals surface area contributed by atoms with Crippen LogP contribution in [0.15, 0.2) is 18.5 Å². The van der Waals surface area contributed by atoms with Crippen molar-refractivity contribution in [1.82, 2.24) is 9.88 Å². The molecule has 1 fully saturated rings. The zero-order valence-electron chi connectivity index (χ0n) is 11.1. The fourth-order valence-electron chi connectivity index (χ4n) is 2.65. The first kappa shape index (κ1) is 13.9. The van der Waals surface area contributed by atoms with Gasteiger partial charge in [0.25, 0.3) is 0 Å². The third-order valence-corrected chi connectivity index (χ3v) is 3.84. The summed E-state index contributed by atoms with van der Waals surface area (Å²) >= 11 is 0. The van der Waals surface area contributed by atoms with Crippen LogP contribution >= 0.6 is 0 Å². The third-order valence-electron chi connectivity index (χ3n) is 3.84. The molecule has 2 rings (SSSR count). The second kappa shape index (κ2) is 6.10. The van der Waals surface area contributed by atoms with Gasteiger partial charge in [-0.05, 0) is 43.9 Å². The fourth-order valence-corrected chi connectivity index (χ4v) is 2.65. The first-order chi connectivity index (χ1) is 9.06. The van der Waals surface area contributed by atoms with Crippen molar-refractivity contribution in [3.05, 3.63) is 29.8 Å². The topological polar surface area (TPSA) is 53.4 Å². The molecule has 2 unspecified atom stereocenters. The molecule has 0 bridgehead atoms. The summed E-state index contributed by atoms with van der Waals surface area (Å²) < 4.78 is 13.2. The van der Waals surface area contributed by atoms with E-state index in [1.54, 1.807) is 6.20 Å². The molecule has 19 heavy (non-hydrogen) atoms. The van der Waals surface area contributed by atoms with E-state index < -0.39 is 5.97 Å². The Bertz CT molecular complexity index is 453. The van der Waals surface area contributed by atoms with Gasteiger partial charge in [-0.2, -0.15) is 0 Å². The molecule has 2 atom stereocenters. The Kier molecular flexibility index (Phi) is 4.47. The summed E-state index contributed by atoms with van der Waals surface area (Å²) in [5.41, 5.74) is 0.874. The number of carboxylic acid groups (broad SMARTS) is 1. The van der Waals surface area contributed by atoms with Crippen molar-refractivity contribution in [3.63, 3.8) is 0 Å². The maximum Gasteiger partial charge on any atom is 0.303 e. The van der Waals surface area contributed by atoms with E-state index in [-0.39, 0.29) is 18.3 Å². The van der Waals surface area contributed by atoms with Gasteiger partial charge in [-0.15, -0.1) is 0 Å². The largest absolute Gasteiger partial charge is 0.481 e. The molecule has 2 heterocycles. The van der Waals surface area contributed by atoms with Crippen LogP contribution in [0.3, 0.4) is 0 Å². The van der Waals surface area contributed by atoms with E-state index in [4.69, 9.17) is 5.11 Å². The highest BCUT2D eigenvalue weighted by Crippen LogP contribution is 2.29. The molecule has 4 nitrogen and oxygen atoms in total. The van der Waals surface area contributed by atoms with Gasteiger partial charge in [0.2, 0.25) is 0 Å². The number of likely N-dealkylation sites (tertiary alicyclic amines) is 1. The summed E-state index contributed by atoms with van der Waals surface area (Å²) in [4.78, 5) is 16.7. The third kappa shape index (κ3) is 3.73. The van der Waals surface area contributed by atoms with Gasteiger partial charge < -0.3 is 5.11 Å². The summed E-state index contributed by atoms with van der Waals surface area (Å²) in [6, 6.07) is 1.64. The highest BCUT2D eigenvalue weighted by atomic mass is 19.1. The van der Waals surface area contributed by atoms with E-state index >= 15 is 0 Å². The number of hydrogen-bond donors (Lipinski definition) is 1. The van der Waals surface area contributed by atoms with Crippen molar-refractivity contribution in [3.8, 4) is 0 Å². The molecule has 1 saturated heterocycles. The number of rotatable bonds is 5. The van der Waals surface area contributed by atoms with E-state index in [0.29, 0.717) is 5.92 Å². The van der Waals surface area contributed by atoms with Gasteiger partial charge in [0.15, 0.2) is 0 Å². The fraction of sp³-hybridized carbons (Fsp3) is 0.571. The van der Waals surface area contributed by atoms with Gasteiger partial charge in [0.05, 0.1) is 6.20 Å². The standard InChI is InChI=1S/C14H19FN2O2/c1-10(12-6-13(15)8-16-7-12)17-5-4-11(9-17)2-3-14(18)19/h6-8,10-11H,2-5,9H2,1H3,(H,18,19). The summed E-state index contributed by atoms with van der Waals surface area (Å²) in [6.07, 6.45) is 4.86. The summed E-state index contributed by atoms with van der Waals surface area (Å²) in [5.74, 6) is -0.619. The van der Waals surface area contributed by atoms with Crippen LogP contribution in [0.1, 0.15) is 37.8 Å². The Morgan fingerprint density at radius 1 is 1.63 bits per heavy atom. The molecule has 0 radical (unpaired) electrons.